The molecule has 1 fully saturated rings. The van der Waals surface area contributed by atoms with Gasteiger partial charge in [0.15, 0.2) is 0 Å². The van der Waals surface area contributed by atoms with E-state index in [9.17, 15) is 4.79 Å². The monoisotopic (exact) mass is 260 g/mol. The predicted molar refractivity (Wildman–Crippen MR) is 78.7 cm³/mol. The highest BCUT2D eigenvalue weighted by molar-refractivity contribution is 5.79. The lowest BCUT2D eigenvalue weighted by Gasteiger charge is -2.35. The van der Waals surface area contributed by atoms with Crippen molar-refractivity contribution < 1.29 is 4.79 Å². The molecule has 0 aromatic heterocycles. The van der Waals surface area contributed by atoms with Crippen molar-refractivity contribution in [3.63, 3.8) is 0 Å². The van der Waals surface area contributed by atoms with Crippen LogP contribution >= 0.6 is 0 Å². The Morgan fingerprint density at radius 1 is 1.37 bits per heavy atom. The molecular weight excluding hydrogens is 236 g/mol. The maximum atomic E-state index is 12.0. The van der Waals surface area contributed by atoms with Crippen LogP contribution in [0.3, 0.4) is 0 Å². The Balaban J connectivity index is 1.85. The van der Waals surface area contributed by atoms with Gasteiger partial charge < -0.3 is 11.1 Å². The second kappa shape index (κ2) is 5.64. The van der Waals surface area contributed by atoms with Crippen LogP contribution in [-0.2, 0) is 11.2 Å². The van der Waals surface area contributed by atoms with Crippen molar-refractivity contribution in [3.8, 4) is 0 Å². The molecule has 1 aliphatic rings. The van der Waals surface area contributed by atoms with E-state index in [1.807, 2.05) is 24.3 Å². The minimum absolute atomic E-state index is 0.118. The Kier molecular flexibility index (Phi) is 4.13. The maximum Gasteiger partial charge on any atom is 0.224 e. The van der Waals surface area contributed by atoms with Gasteiger partial charge in [0.1, 0.15) is 0 Å². The number of hydrogen-bond acceptors (Lipinski definition) is 2. The zero-order valence-corrected chi connectivity index (χ0v) is 11.9. The molecule has 0 saturated heterocycles. The SMILES string of the molecule is CC1(C)CCCC(NC(=O)Cc2ccc(N)cc2)C1. The Morgan fingerprint density at radius 3 is 2.68 bits per heavy atom. The molecule has 0 heterocycles. The second-order valence-corrected chi connectivity index (χ2v) is 6.44. The molecule has 1 aromatic rings. The summed E-state index contributed by atoms with van der Waals surface area (Å²) in [4.78, 5) is 12.0. The van der Waals surface area contributed by atoms with E-state index in [1.165, 1.54) is 12.8 Å². The summed E-state index contributed by atoms with van der Waals surface area (Å²) in [5.41, 5.74) is 7.74. The lowest BCUT2D eigenvalue weighted by molar-refractivity contribution is -0.121. The molecule has 1 aromatic carbocycles. The molecule has 1 unspecified atom stereocenters. The van der Waals surface area contributed by atoms with Gasteiger partial charge >= 0.3 is 0 Å². The van der Waals surface area contributed by atoms with Gasteiger partial charge in [-0.2, -0.15) is 0 Å². The van der Waals surface area contributed by atoms with Gasteiger partial charge in [0.25, 0.3) is 0 Å². The number of amides is 1. The summed E-state index contributed by atoms with van der Waals surface area (Å²) in [6.45, 7) is 4.57. The van der Waals surface area contributed by atoms with Gasteiger partial charge in [-0.1, -0.05) is 32.4 Å². The normalized spacial score (nSPS) is 21.9. The molecule has 0 aliphatic heterocycles. The minimum Gasteiger partial charge on any atom is -0.399 e. The zero-order valence-electron chi connectivity index (χ0n) is 11.9. The van der Waals surface area contributed by atoms with Crippen LogP contribution in [0, 0.1) is 5.41 Å². The number of hydrogen-bond donors (Lipinski definition) is 2. The average molecular weight is 260 g/mol. The second-order valence-electron chi connectivity index (χ2n) is 6.44. The summed E-state index contributed by atoms with van der Waals surface area (Å²) in [5, 5.41) is 3.17. The molecule has 104 valence electrons. The molecule has 0 spiro atoms. The fourth-order valence-corrected chi connectivity index (χ4v) is 2.92. The Bertz CT molecular complexity index is 437. The van der Waals surface area contributed by atoms with E-state index in [2.05, 4.69) is 19.2 Å². The van der Waals surface area contributed by atoms with Gasteiger partial charge in [-0.25, -0.2) is 0 Å². The van der Waals surface area contributed by atoms with Gasteiger partial charge in [0.2, 0.25) is 5.91 Å². The van der Waals surface area contributed by atoms with Gasteiger partial charge in [-0.15, -0.1) is 0 Å². The summed E-state index contributed by atoms with van der Waals surface area (Å²) >= 11 is 0. The number of carbonyl (C=O) groups is 1. The van der Waals surface area contributed by atoms with E-state index >= 15 is 0 Å². The highest BCUT2D eigenvalue weighted by atomic mass is 16.1. The minimum atomic E-state index is 0.118. The molecule has 1 aliphatic carbocycles. The molecular formula is C16H24N2O. The van der Waals surface area contributed by atoms with E-state index in [1.54, 1.807) is 0 Å². The Morgan fingerprint density at radius 2 is 2.05 bits per heavy atom. The average Bonchev–Trinajstić information content (AvgIpc) is 2.30. The fourth-order valence-electron chi connectivity index (χ4n) is 2.92. The van der Waals surface area contributed by atoms with Crippen LogP contribution in [-0.4, -0.2) is 11.9 Å². The van der Waals surface area contributed by atoms with Crippen LogP contribution < -0.4 is 11.1 Å². The summed E-state index contributed by atoms with van der Waals surface area (Å²) < 4.78 is 0. The zero-order chi connectivity index (χ0) is 13.9. The molecule has 19 heavy (non-hydrogen) atoms. The van der Waals surface area contributed by atoms with E-state index in [-0.39, 0.29) is 5.91 Å². The van der Waals surface area contributed by atoms with E-state index in [4.69, 9.17) is 5.73 Å². The topological polar surface area (TPSA) is 55.1 Å². The highest BCUT2D eigenvalue weighted by Crippen LogP contribution is 2.35. The van der Waals surface area contributed by atoms with Crippen LogP contribution in [0.5, 0.6) is 0 Å². The molecule has 3 heteroatoms. The van der Waals surface area contributed by atoms with Gasteiger partial charge in [0, 0.05) is 11.7 Å². The molecule has 2 rings (SSSR count). The van der Waals surface area contributed by atoms with Crippen molar-refractivity contribution in [2.75, 3.05) is 5.73 Å². The first-order chi connectivity index (χ1) is 8.94. The molecule has 0 bridgehead atoms. The third kappa shape index (κ3) is 4.27. The number of benzene rings is 1. The number of rotatable bonds is 3. The van der Waals surface area contributed by atoms with Crippen LogP contribution in [0.25, 0.3) is 0 Å². The third-order valence-electron chi connectivity index (χ3n) is 3.91. The van der Waals surface area contributed by atoms with Crippen molar-refractivity contribution in [3.05, 3.63) is 29.8 Å². The van der Waals surface area contributed by atoms with Crippen LogP contribution in [0.4, 0.5) is 5.69 Å². The summed E-state index contributed by atoms with van der Waals surface area (Å²) in [6.07, 6.45) is 5.10. The first-order valence-corrected chi connectivity index (χ1v) is 7.08. The summed E-state index contributed by atoms with van der Waals surface area (Å²) in [7, 11) is 0. The number of nitrogens with two attached hydrogens (primary N) is 1. The first-order valence-electron chi connectivity index (χ1n) is 7.08. The van der Waals surface area contributed by atoms with Crippen molar-refractivity contribution in [1.29, 1.82) is 0 Å². The molecule has 1 saturated carbocycles. The van der Waals surface area contributed by atoms with Gasteiger partial charge in [0.05, 0.1) is 6.42 Å². The largest absolute Gasteiger partial charge is 0.399 e. The quantitative estimate of drug-likeness (QED) is 0.821. The van der Waals surface area contributed by atoms with Gasteiger partial charge in [-0.3, -0.25) is 4.79 Å². The highest BCUT2D eigenvalue weighted by Gasteiger charge is 2.28. The maximum absolute atomic E-state index is 12.0. The van der Waals surface area contributed by atoms with E-state index in [0.29, 0.717) is 17.9 Å². The number of anilines is 1. The number of nitrogen functional groups attached to an aromatic ring is 1. The van der Waals surface area contributed by atoms with E-state index < -0.39 is 0 Å². The third-order valence-corrected chi connectivity index (χ3v) is 3.91. The molecule has 3 N–H and O–H groups in total. The Hall–Kier alpha value is -1.51. The molecule has 3 nitrogen and oxygen atoms in total. The Labute approximate surface area is 115 Å². The first kappa shape index (κ1) is 13.9. The van der Waals surface area contributed by atoms with Crippen molar-refractivity contribution in [2.45, 2.75) is 52.0 Å². The van der Waals surface area contributed by atoms with Crippen LogP contribution in [0.2, 0.25) is 0 Å². The molecule has 1 amide bonds. The number of carbonyl (C=O) groups excluding carboxylic acids is 1. The van der Waals surface area contributed by atoms with E-state index in [0.717, 1.165) is 24.1 Å². The molecule has 0 radical (unpaired) electrons. The van der Waals surface area contributed by atoms with Gasteiger partial charge in [-0.05, 0) is 42.4 Å². The fraction of sp³-hybridized carbons (Fsp3) is 0.562. The predicted octanol–water partition coefficient (Wildman–Crippen LogP) is 2.90. The summed E-state index contributed by atoms with van der Waals surface area (Å²) in [6, 6.07) is 7.85. The standard InChI is InChI=1S/C16H24N2O/c1-16(2)9-3-4-14(11-16)18-15(19)10-12-5-7-13(17)8-6-12/h5-8,14H,3-4,9-11,17H2,1-2H3,(H,18,19). The van der Waals surface area contributed by atoms with Crippen LogP contribution in [0.15, 0.2) is 24.3 Å². The number of nitrogens with one attached hydrogen (secondary N) is 1. The van der Waals surface area contributed by atoms with Crippen molar-refractivity contribution in [1.82, 2.24) is 5.32 Å². The van der Waals surface area contributed by atoms with Crippen molar-refractivity contribution in [2.24, 2.45) is 5.41 Å². The lowest BCUT2D eigenvalue weighted by atomic mass is 9.75. The smallest absolute Gasteiger partial charge is 0.224 e. The van der Waals surface area contributed by atoms with Crippen LogP contribution in [0.1, 0.15) is 45.1 Å². The van der Waals surface area contributed by atoms with Crippen molar-refractivity contribution >= 4 is 11.6 Å². The summed E-state index contributed by atoms with van der Waals surface area (Å²) in [5.74, 6) is 0.118. The molecule has 1 atom stereocenters. The lowest BCUT2D eigenvalue weighted by Crippen LogP contribution is -2.41.